The topological polar surface area (TPSA) is 76.4 Å². The normalized spacial score (nSPS) is 23.2. The zero-order valence-electron chi connectivity index (χ0n) is 12.6. The van der Waals surface area contributed by atoms with E-state index in [0.29, 0.717) is 29.4 Å². The minimum Gasteiger partial charge on any atom is -0.493 e. The molecule has 122 valence electrons. The van der Waals surface area contributed by atoms with Crippen LogP contribution in [0, 0.1) is 0 Å². The van der Waals surface area contributed by atoms with Crippen LogP contribution in [0.25, 0.3) is 0 Å². The van der Waals surface area contributed by atoms with E-state index in [1.165, 1.54) is 0 Å². The number of ether oxygens (including phenoxy) is 1. The van der Waals surface area contributed by atoms with Crippen molar-refractivity contribution in [1.29, 1.82) is 0 Å². The zero-order valence-corrected chi connectivity index (χ0v) is 13.4. The summed E-state index contributed by atoms with van der Waals surface area (Å²) in [5.41, 5.74) is 0.428. The second-order valence-corrected chi connectivity index (χ2v) is 5.87. The summed E-state index contributed by atoms with van der Waals surface area (Å²) < 4.78 is 7.15. The first-order chi connectivity index (χ1) is 11.1. The van der Waals surface area contributed by atoms with Crippen molar-refractivity contribution in [3.8, 4) is 5.75 Å². The van der Waals surface area contributed by atoms with Gasteiger partial charge in [-0.05, 0) is 37.6 Å². The molecule has 1 aliphatic carbocycles. The highest BCUT2D eigenvalue weighted by Gasteiger charge is 2.42. The van der Waals surface area contributed by atoms with E-state index in [1.807, 2.05) is 6.92 Å². The van der Waals surface area contributed by atoms with Crippen LogP contribution < -0.4 is 10.1 Å². The van der Waals surface area contributed by atoms with Gasteiger partial charge in [0.2, 0.25) is 0 Å². The van der Waals surface area contributed by atoms with Crippen molar-refractivity contribution in [1.82, 2.24) is 15.1 Å². The molecule has 0 saturated heterocycles. The number of carbonyl (C=O) groups excluding carboxylic acids is 1. The fourth-order valence-electron chi connectivity index (χ4n) is 2.78. The van der Waals surface area contributed by atoms with Gasteiger partial charge in [0.25, 0.3) is 5.91 Å². The van der Waals surface area contributed by atoms with Gasteiger partial charge >= 0.3 is 0 Å². The van der Waals surface area contributed by atoms with Gasteiger partial charge in [-0.25, -0.2) is 0 Å². The summed E-state index contributed by atoms with van der Waals surface area (Å²) in [7, 11) is 0. The Morgan fingerprint density at radius 3 is 3.04 bits per heavy atom. The average molecular weight is 336 g/mol. The molecule has 1 fully saturated rings. The van der Waals surface area contributed by atoms with Crippen molar-refractivity contribution in [3.05, 3.63) is 47.2 Å². The van der Waals surface area contributed by atoms with Crippen molar-refractivity contribution >= 4 is 17.5 Å². The number of rotatable bonds is 5. The molecule has 0 unspecified atom stereocenters. The molecule has 1 saturated carbocycles. The molecule has 0 spiro atoms. The summed E-state index contributed by atoms with van der Waals surface area (Å²) in [6.45, 7) is 2.29. The Morgan fingerprint density at radius 1 is 1.57 bits per heavy atom. The second-order valence-electron chi connectivity index (χ2n) is 5.43. The molecule has 1 heterocycles. The summed E-state index contributed by atoms with van der Waals surface area (Å²) in [6, 6.07) is 6.27. The number of carbonyl (C=O) groups is 1. The summed E-state index contributed by atoms with van der Waals surface area (Å²) in [5.74, 6) is 0.201. The molecule has 2 N–H and O–H groups in total. The Bertz CT molecular complexity index is 690. The standard InChI is InChI=1S/C16H18ClN3O3/c1-2-23-14-8-10(17)4-5-11(14)16(22)19-12-9-13(21)15(12)20-7-3-6-18-20/h3-8,12-13,15,21H,2,9H2,1H3,(H,19,22)/t12-,13+,15+/m0/s1. The number of aromatic nitrogens is 2. The SMILES string of the molecule is CCOc1cc(Cl)ccc1C(=O)N[C@H]1C[C@@H](O)[C@@H]1n1cccn1. The molecule has 7 heteroatoms. The van der Waals surface area contributed by atoms with Crippen LogP contribution in [-0.4, -0.2) is 39.5 Å². The van der Waals surface area contributed by atoms with E-state index in [0.717, 1.165) is 0 Å². The number of amides is 1. The lowest BCUT2D eigenvalue weighted by atomic mass is 9.83. The maximum atomic E-state index is 12.5. The predicted molar refractivity (Wildman–Crippen MR) is 85.8 cm³/mol. The Balaban J connectivity index is 1.75. The molecule has 1 amide bonds. The maximum absolute atomic E-state index is 12.5. The highest BCUT2D eigenvalue weighted by atomic mass is 35.5. The van der Waals surface area contributed by atoms with E-state index >= 15 is 0 Å². The third-order valence-electron chi connectivity index (χ3n) is 3.94. The Hall–Kier alpha value is -2.05. The number of benzene rings is 1. The minimum absolute atomic E-state index is 0.178. The van der Waals surface area contributed by atoms with Crippen LogP contribution in [-0.2, 0) is 0 Å². The molecule has 6 nitrogen and oxygen atoms in total. The first kappa shape index (κ1) is 15.8. The molecule has 1 aromatic carbocycles. The highest BCUT2D eigenvalue weighted by molar-refractivity contribution is 6.30. The fourth-order valence-corrected chi connectivity index (χ4v) is 2.94. The van der Waals surface area contributed by atoms with Gasteiger partial charge in [-0.1, -0.05) is 11.6 Å². The lowest BCUT2D eigenvalue weighted by Gasteiger charge is -2.41. The Kier molecular flexibility index (Phi) is 4.54. The van der Waals surface area contributed by atoms with Crippen LogP contribution >= 0.6 is 11.6 Å². The van der Waals surface area contributed by atoms with Crippen LogP contribution in [0.4, 0.5) is 0 Å². The monoisotopic (exact) mass is 335 g/mol. The number of hydrogen-bond donors (Lipinski definition) is 2. The average Bonchev–Trinajstić information content (AvgIpc) is 3.00. The number of aliphatic hydroxyl groups is 1. The minimum atomic E-state index is -0.517. The van der Waals surface area contributed by atoms with E-state index in [2.05, 4.69) is 10.4 Å². The van der Waals surface area contributed by atoms with Crippen molar-refractivity contribution in [3.63, 3.8) is 0 Å². The predicted octanol–water partition coefficient (Wildman–Crippen LogP) is 2.04. The Morgan fingerprint density at radius 2 is 2.39 bits per heavy atom. The summed E-state index contributed by atoms with van der Waals surface area (Å²) >= 11 is 5.95. The molecular weight excluding hydrogens is 318 g/mol. The third kappa shape index (κ3) is 3.18. The molecule has 1 aliphatic rings. The molecule has 2 aromatic rings. The summed E-state index contributed by atoms with van der Waals surface area (Å²) in [5, 5.41) is 17.5. The smallest absolute Gasteiger partial charge is 0.255 e. The van der Waals surface area contributed by atoms with Gasteiger partial charge in [0.15, 0.2) is 0 Å². The maximum Gasteiger partial charge on any atom is 0.255 e. The van der Waals surface area contributed by atoms with E-state index in [9.17, 15) is 9.90 Å². The summed E-state index contributed by atoms with van der Waals surface area (Å²) in [6.07, 6.45) is 3.40. The van der Waals surface area contributed by atoms with E-state index in [-0.39, 0.29) is 18.0 Å². The third-order valence-corrected chi connectivity index (χ3v) is 4.17. The fraction of sp³-hybridized carbons (Fsp3) is 0.375. The van der Waals surface area contributed by atoms with Crippen LogP contribution in [0.2, 0.25) is 5.02 Å². The molecule has 3 rings (SSSR count). The second kappa shape index (κ2) is 6.60. The Labute approximate surface area is 139 Å². The van der Waals surface area contributed by atoms with Gasteiger partial charge in [0.05, 0.1) is 30.4 Å². The summed E-state index contributed by atoms with van der Waals surface area (Å²) in [4.78, 5) is 12.5. The van der Waals surface area contributed by atoms with Crippen molar-refractivity contribution < 1.29 is 14.6 Å². The lowest BCUT2D eigenvalue weighted by Crippen LogP contribution is -2.56. The number of halogens is 1. The lowest BCUT2D eigenvalue weighted by molar-refractivity contribution is -0.00591. The van der Waals surface area contributed by atoms with Crippen molar-refractivity contribution in [2.45, 2.75) is 31.5 Å². The van der Waals surface area contributed by atoms with Gasteiger partial charge < -0.3 is 15.2 Å². The van der Waals surface area contributed by atoms with Gasteiger partial charge in [-0.3, -0.25) is 9.48 Å². The first-order valence-corrected chi connectivity index (χ1v) is 7.88. The number of aliphatic hydroxyl groups excluding tert-OH is 1. The van der Waals surface area contributed by atoms with Crippen LogP contribution in [0.3, 0.4) is 0 Å². The quantitative estimate of drug-likeness (QED) is 0.876. The van der Waals surface area contributed by atoms with Crippen LogP contribution in [0.15, 0.2) is 36.7 Å². The molecule has 0 radical (unpaired) electrons. The number of nitrogens with one attached hydrogen (secondary N) is 1. The molecule has 23 heavy (non-hydrogen) atoms. The highest BCUT2D eigenvalue weighted by Crippen LogP contribution is 2.33. The van der Waals surface area contributed by atoms with Crippen LogP contribution in [0.1, 0.15) is 29.7 Å². The van der Waals surface area contributed by atoms with Gasteiger partial charge in [0.1, 0.15) is 5.75 Å². The van der Waals surface area contributed by atoms with E-state index in [4.69, 9.17) is 16.3 Å². The van der Waals surface area contributed by atoms with Crippen molar-refractivity contribution in [2.24, 2.45) is 0 Å². The van der Waals surface area contributed by atoms with E-state index < -0.39 is 6.10 Å². The molecule has 0 aliphatic heterocycles. The first-order valence-electron chi connectivity index (χ1n) is 7.50. The van der Waals surface area contributed by atoms with E-state index in [1.54, 1.807) is 41.3 Å². The largest absolute Gasteiger partial charge is 0.493 e. The molecule has 3 atom stereocenters. The van der Waals surface area contributed by atoms with Gasteiger partial charge in [-0.15, -0.1) is 0 Å². The van der Waals surface area contributed by atoms with Crippen molar-refractivity contribution in [2.75, 3.05) is 6.61 Å². The molecule has 0 bridgehead atoms. The van der Waals surface area contributed by atoms with Crippen LogP contribution in [0.5, 0.6) is 5.75 Å². The zero-order chi connectivity index (χ0) is 16.4. The number of hydrogen-bond acceptors (Lipinski definition) is 4. The van der Waals surface area contributed by atoms with Gasteiger partial charge in [0, 0.05) is 17.4 Å². The van der Waals surface area contributed by atoms with Gasteiger partial charge in [-0.2, -0.15) is 5.10 Å². The molecule has 1 aromatic heterocycles. The number of nitrogens with zero attached hydrogens (tertiary/aromatic N) is 2. The molecular formula is C16H18ClN3O3.